The van der Waals surface area contributed by atoms with Crippen LogP contribution in [0.4, 0.5) is 0 Å². The van der Waals surface area contributed by atoms with Crippen LogP contribution in [0.25, 0.3) is 23.1 Å². The summed E-state index contributed by atoms with van der Waals surface area (Å²) in [5.74, 6) is 0.816. The number of para-hydroxylation sites is 1. The van der Waals surface area contributed by atoms with Crippen molar-refractivity contribution in [1.82, 2.24) is 0 Å². The Hall–Kier alpha value is -2.81. The molecule has 3 nitrogen and oxygen atoms in total. The summed E-state index contributed by atoms with van der Waals surface area (Å²) in [6.45, 7) is 0. The quantitative estimate of drug-likeness (QED) is 0.541. The zero-order valence-corrected chi connectivity index (χ0v) is 11.7. The van der Waals surface area contributed by atoms with Gasteiger partial charge < -0.3 is 9.94 Å². The first-order valence-electron chi connectivity index (χ1n) is 6.71. The molecule has 0 spiro atoms. The lowest BCUT2D eigenvalue weighted by atomic mass is 10.1. The Morgan fingerprint density at radius 3 is 2.43 bits per heavy atom. The molecule has 21 heavy (non-hydrogen) atoms. The van der Waals surface area contributed by atoms with Gasteiger partial charge in [-0.05, 0) is 35.9 Å². The van der Waals surface area contributed by atoms with Gasteiger partial charge in [-0.1, -0.05) is 24.3 Å². The molecule has 0 bridgehead atoms. The van der Waals surface area contributed by atoms with Crippen LogP contribution in [-0.2, 0) is 0 Å². The molecule has 0 saturated carbocycles. The van der Waals surface area contributed by atoms with Crippen molar-refractivity contribution < 1.29 is 9.47 Å². The molecule has 1 aromatic heterocycles. The number of pyridine rings is 1. The molecule has 3 rings (SSSR count). The summed E-state index contributed by atoms with van der Waals surface area (Å²) in [5, 5.41) is 13.2. The molecule has 0 amide bonds. The molecule has 0 radical (unpaired) electrons. The first-order valence-corrected chi connectivity index (χ1v) is 6.71. The average molecular weight is 277 g/mol. The normalized spacial score (nSPS) is 11.1. The highest BCUT2D eigenvalue weighted by molar-refractivity contribution is 5.77. The first-order chi connectivity index (χ1) is 10.3. The van der Waals surface area contributed by atoms with Crippen LogP contribution in [0.15, 0.2) is 60.7 Å². The van der Waals surface area contributed by atoms with Crippen molar-refractivity contribution in [2.45, 2.75) is 0 Å². The fraction of sp³-hybridized carbons (Fsp3) is 0.0556. The van der Waals surface area contributed by atoms with Crippen molar-refractivity contribution in [3.05, 3.63) is 77.1 Å². The van der Waals surface area contributed by atoms with Crippen molar-refractivity contribution in [2.75, 3.05) is 7.11 Å². The van der Waals surface area contributed by atoms with Gasteiger partial charge in [-0.2, -0.15) is 4.73 Å². The van der Waals surface area contributed by atoms with E-state index >= 15 is 0 Å². The van der Waals surface area contributed by atoms with Gasteiger partial charge in [0.15, 0.2) is 0 Å². The van der Waals surface area contributed by atoms with Crippen molar-refractivity contribution in [3.63, 3.8) is 0 Å². The summed E-state index contributed by atoms with van der Waals surface area (Å²) in [6, 6.07) is 19.0. The summed E-state index contributed by atoms with van der Waals surface area (Å²) < 4.78 is 6.07. The Morgan fingerprint density at radius 1 is 0.905 bits per heavy atom. The Kier molecular flexibility index (Phi) is 3.56. The molecule has 0 aliphatic carbocycles. The number of rotatable bonds is 3. The average Bonchev–Trinajstić information content (AvgIpc) is 2.55. The first kappa shape index (κ1) is 13.2. The highest BCUT2D eigenvalue weighted by atomic mass is 16.5. The van der Waals surface area contributed by atoms with Crippen LogP contribution in [0.2, 0.25) is 0 Å². The number of benzene rings is 2. The Balaban J connectivity index is 1.93. The third kappa shape index (κ3) is 2.72. The molecule has 0 aliphatic rings. The molecule has 0 aliphatic heterocycles. The van der Waals surface area contributed by atoms with Gasteiger partial charge in [-0.15, -0.1) is 0 Å². The number of nitrogens with zero attached hydrogens (tertiary/aromatic N) is 1. The summed E-state index contributed by atoms with van der Waals surface area (Å²) in [7, 11) is 1.64. The van der Waals surface area contributed by atoms with E-state index in [0.29, 0.717) is 11.2 Å². The maximum absolute atomic E-state index is 12.3. The van der Waals surface area contributed by atoms with Gasteiger partial charge in [0.05, 0.1) is 7.11 Å². The molecule has 104 valence electrons. The SMILES string of the molecule is COc1ccc(/C=C/c2ccc3ccccc3[n+]2[O-])cc1. The maximum atomic E-state index is 12.3. The van der Waals surface area contributed by atoms with Gasteiger partial charge in [0, 0.05) is 23.6 Å². The van der Waals surface area contributed by atoms with Gasteiger partial charge >= 0.3 is 0 Å². The van der Waals surface area contributed by atoms with E-state index in [0.717, 1.165) is 21.4 Å². The van der Waals surface area contributed by atoms with Gasteiger partial charge in [-0.25, -0.2) is 0 Å². The van der Waals surface area contributed by atoms with Crippen molar-refractivity contribution in [1.29, 1.82) is 0 Å². The predicted octanol–water partition coefficient (Wildman–Crippen LogP) is 3.65. The third-order valence-corrected chi connectivity index (χ3v) is 3.39. The lowest BCUT2D eigenvalue weighted by Crippen LogP contribution is -2.30. The standard InChI is InChI=1S/C18H15NO2/c1-21-17-12-7-14(8-13-17)6-10-16-11-9-15-4-2-3-5-18(15)19(16)20/h2-13H,1H3/b10-6+. The molecule has 2 aromatic carbocycles. The molecular weight excluding hydrogens is 262 g/mol. The van der Waals surface area contributed by atoms with E-state index in [9.17, 15) is 5.21 Å². The van der Waals surface area contributed by atoms with E-state index in [1.807, 2.05) is 72.8 Å². The van der Waals surface area contributed by atoms with E-state index in [-0.39, 0.29) is 0 Å². The minimum atomic E-state index is 0.615. The predicted molar refractivity (Wildman–Crippen MR) is 84.8 cm³/mol. The number of aromatic nitrogens is 1. The maximum Gasteiger partial charge on any atom is 0.224 e. The van der Waals surface area contributed by atoms with Crippen LogP contribution in [0.5, 0.6) is 5.75 Å². The van der Waals surface area contributed by atoms with Crippen LogP contribution >= 0.6 is 0 Å². The number of hydrogen-bond acceptors (Lipinski definition) is 2. The molecule has 1 heterocycles. The Labute approximate surface area is 123 Å². The topological polar surface area (TPSA) is 36.2 Å². The number of fused-ring (bicyclic) bond motifs is 1. The van der Waals surface area contributed by atoms with Crippen LogP contribution in [-0.4, -0.2) is 7.11 Å². The second-order valence-corrected chi connectivity index (χ2v) is 4.72. The van der Waals surface area contributed by atoms with Crippen molar-refractivity contribution >= 4 is 23.1 Å². The largest absolute Gasteiger partial charge is 0.618 e. The van der Waals surface area contributed by atoms with E-state index in [1.54, 1.807) is 7.11 Å². The second-order valence-electron chi connectivity index (χ2n) is 4.72. The van der Waals surface area contributed by atoms with Crippen LogP contribution < -0.4 is 9.47 Å². The van der Waals surface area contributed by atoms with E-state index in [4.69, 9.17) is 4.74 Å². The summed E-state index contributed by atoms with van der Waals surface area (Å²) in [6.07, 6.45) is 3.74. The second kappa shape index (κ2) is 5.67. The van der Waals surface area contributed by atoms with Gasteiger partial charge in [0.2, 0.25) is 11.2 Å². The van der Waals surface area contributed by atoms with Crippen molar-refractivity contribution in [2.24, 2.45) is 0 Å². The summed E-state index contributed by atoms with van der Waals surface area (Å²) in [4.78, 5) is 0. The molecule has 0 unspecified atom stereocenters. The Morgan fingerprint density at radius 2 is 1.67 bits per heavy atom. The monoisotopic (exact) mass is 277 g/mol. The minimum absolute atomic E-state index is 0.615. The van der Waals surface area contributed by atoms with E-state index < -0.39 is 0 Å². The lowest BCUT2D eigenvalue weighted by Gasteiger charge is -2.04. The Bertz CT molecular complexity index is 792. The van der Waals surface area contributed by atoms with Gasteiger partial charge in [0.1, 0.15) is 5.75 Å². The highest BCUT2D eigenvalue weighted by Gasteiger charge is 2.06. The van der Waals surface area contributed by atoms with E-state index in [2.05, 4.69) is 0 Å². The number of ether oxygens (including phenoxy) is 1. The zero-order valence-electron chi connectivity index (χ0n) is 11.7. The summed E-state index contributed by atoms with van der Waals surface area (Å²) >= 11 is 0. The van der Waals surface area contributed by atoms with Crippen LogP contribution in [0.3, 0.4) is 0 Å². The molecular formula is C18H15NO2. The zero-order chi connectivity index (χ0) is 14.7. The number of methoxy groups -OCH3 is 1. The smallest absolute Gasteiger partial charge is 0.224 e. The van der Waals surface area contributed by atoms with Crippen molar-refractivity contribution in [3.8, 4) is 5.75 Å². The molecule has 0 atom stereocenters. The highest BCUT2D eigenvalue weighted by Crippen LogP contribution is 2.15. The van der Waals surface area contributed by atoms with Gasteiger partial charge in [-0.3, -0.25) is 0 Å². The fourth-order valence-electron chi connectivity index (χ4n) is 2.22. The molecule has 3 heteroatoms. The molecule has 3 aromatic rings. The third-order valence-electron chi connectivity index (χ3n) is 3.39. The van der Waals surface area contributed by atoms with Crippen LogP contribution in [0.1, 0.15) is 11.3 Å². The van der Waals surface area contributed by atoms with E-state index in [1.165, 1.54) is 0 Å². The fourth-order valence-corrected chi connectivity index (χ4v) is 2.22. The lowest BCUT2D eigenvalue weighted by molar-refractivity contribution is -0.579. The summed E-state index contributed by atoms with van der Waals surface area (Å²) in [5.41, 5.74) is 2.31. The minimum Gasteiger partial charge on any atom is -0.618 e. The van der Waals surface area contributed by atoms with Gasteiger partial charge in [0.25, 0.3) is 0 Å². The molecule has 0 N–H and O–H groups in total. The van der Waals surface area contributed by atoms with Crippen LogP contribution in [0, 0.1) is 5.21 Å². The number of hydrogen-bond donors (Lipinski definition) is 0. The molecule has 0 fully saturated rings. The molecule has 0 saturated heterocycles.